The average Bonchev–Trinajstić information content (AvgIpc) is 2.45. The molecule has 0 aliphatic carbocycles. The van der Waals surface area contributed by atoms with Crippen LogP contribution in [0.3, 0.4) is 0 Å². The van der Waals surface area contributed by atoms with Crippen LogP contribution in [0.15, 0.2) is 24.3 Å². The van der Waals surface area contributed by atoms with E-state index in [1.54, 1.807) is 12.1 Å². The van der Waals surface area contributed by atoms with Gasteiger partial charge in [-0.15, -0.1) is 0 Å². The van der Waals surface area contributed by atoms with Crippen molar-refractivity contribution >= 4 is 5.91 Å². The number of ether oxygens (including phenoxy) is 1. The van der Waals surface area contributed by atoms with Crippen LogP contribution >= 0.6 is 0 Å². The van der Waals surface area contributed by atoms with E-state index in [4.69, 9.17) is 5.26 Å². The molecular formula is C13H11F3N2O2. The normalized spacial score (nSPS) is 19.5. The first-order chi connectivity index (χ1) is 9.43. The zero-order chi connectivity index (χ0) is 14.8. The Morgan fingerprint density at radius 1 is 1.40 bits per heavy atom. The largest absolute Gasteiger partial charge is 0.416 e. The lowest BCUT2D eigenvalue weighted by molar-refractivity contribution is -0.233. The van der Waals surface area contributed by atoms with Crippen molar-refractivity contribution in [3.63, 3.8) is 0 Å². The summed E-state index contributed by atoms with van der Waals surface area (Å²) < 4.78 is 42.5. The lowest BCUT2D eigenvalue weighted by Crippen LogP contribution is -2.51. The van der Waals surface area contributed by atoms with Crippen LogP contribution < -0.4 is 0 Å². The van der Waals surface area contributed by atoms with Gasteiger partial charge in [0.15, 0.2) is 6.10 Å². The van der Waals surface area contributed by atoms with Crippen LogP contribution in [-0.4, -0.2) is 42.8 Å². The van der Waals surface area contributed by atoms with Crippen LogP contribution in [0, 0.1) is 11.3 Å². The van der Waals surface area contributed by atoms with E-state index in [0.717, 1.165) is 4.90 Å². The molecule has 1 aliphatic rings. The highest BCUT2D eigenvalue weighted by molar-refractivity contribution is 5.96. The number of alkyl halides is 3. The molecule has 2 rings (SSSR count). The molecule has 0 saturated carbocycles. The van der Waals surface area contributed by atoms with Crippen LogP contribution in [-0.2, 0) is 4.74 Å². The smallest absolute Gasteiger partial charge is 0.365 e. The number of amides is 1. The molecule has 0 bridgehead atoms. The number of morpholine rings is 1. The molecule has 1 fully saturated rings. The number of benzene rings is 1. The van der Waals surface area contributed by atoms with E-state index in [1.165, 1.54) is 12.1 Å². The molecule has 1 aromatic carbocycles. The monoisotopic (exact) mass is 284 g/mol. The number of rotatable bonds is 1. The van der Waals surface area contributed by atoms with Gasteiger partial charge in [-0.1, -0.05) is 12.1 Å². The van der Waals surface area contributed by atoms with Gasteiger partial charge in [0.2, 0.25) is 0 Å². The molecule has 1 aromatic rings. The summed E-state index contributed by atoms with van der Waals surface area (Å²) in [6.07, 6.45) is -6.48. The highest BCUT2D eigenvalue weighted by Gasteiger charge is 2.44. The molecule has 0 radical (unpaired) electrons. The van der Waals surface area contributed by atoms with Crippen molar-refractivity contribution in [3.05, 3.63) is 35.4 Å². The van der Waals surface area contributed by atoms with Gasteiger partial charge in [0, 0.05) is 6.54 Å². The highest BCUT2D eigenvalue weighted by Crippen LogP contribution is 2.26. The number of nitriles is 1. The second kappa shape index (κ2) is 5.51. The lowest BCUT2D eigenvalue weighted by atomic mass is 10.1. The molecule has 1 aliphatic heterocycles. The SMILES string of the molecule is N#Cc1ccccc1C(=O)N1CCO[C@@H](C(F)(F)F)C1. The molecule has 1 saturated heterocycles. The summed E-state index contributed by atoms with van der Waals surface area (Å²) in [5.74, 6) is -0.584. The third-order valence-corrected chi connectivity index (χ3v) is 3.00. The van der Waals surface area contributed by atoms with Crippen molar-refractivity contribution in [1.29, 1.82) is 5.26 Å². The summed E-state index contributed by atoms with van der Waals surface area (Å²) >= 11 is 0. The third kappa shape index (κ3) is 2.91. The van der Waals surface area contributed by atoms with Crippen molar-refractivity contribution in [2.24, 2.45) is 0 Å². The Kier molecular flexibility index (Phi) is 3.95. The summed E-state index contributed by atoms with van der Waals surface area (Å²) in [6.45, 7) is -0.655. The summed E-state index contributed by atoms with van der Waals surface area (Å²) in [5.41, 5.74) is 0.255. The van der Waals surface area contributed by atoms with E-state index in [2.05, 4.69) is 4.74 Å². The topological polar surface area (TPSA) is 53.3 Å². The van der Waals surface area contributed by atoms with Gasteiger partial charge in [-0.05, 0) is 12.1 Å². The molecule has 1 amide bonds. The Bertz CT molecular complexity index is 551. The predicted octanol–water partition coefficient (Wildman–Crippen LogP) is 1.96. The number of hydrogen-bond acceptors (Lipinski definition) is 3. The first-order valence-electron chi connectivity index (χ1n) is 5.90. The predicted molar refractivity (Wildman–Crippen MR) is 62.9 cm³/mol. The number of carbonyl (C=O) groups is 1. The summed E-state index contributed by atoms with van der Waals surface area (Å²) in [6, 6.07) is 7.89. The van der Waals surface area contributed by atoms with Crippen molar-refractivity contribution in [3.8, 4) is 6.07 Å². The third-order valence-electron chi connectivity index (χ3n) is 3.00. The van der Waals surface area contributed by atoms with Crippen molar-refractivity contribution in [2.75, 3.05) is 19.7 Å². The second-order valence-electron chi connectivity index (χ2n) is 4.31. The first-order valence-corrected chi connectivity index (χ1v) is 5.90. The van der Waals surface area contributed by atoms with Gasteiger partial charge in [-0.2, -0.15) is 18.4 Å². The Morgan fingerprint density at radius 3 is 2.75 bits per heavy atom. The van der Waals surface area contributed by atoms with Gasteiger partial charge in [-0.3, -0.25) is 4.79 Å². The maximum atomic E-state index is 12.6. The van der Waals surface area contributed by atoms with E-state index in [9.17, 15) is 18.0 Å². The van der Waals surface area contributed by atoms with E-state index in [0.29, 0.717) is 0 Å². The molecule has 1 atom stereocenters. The molecule has 106 valence electrons. The molecule has 0 aromatic heterocycles. The summed E-state index contributed by atoms with van der Waals surface area (Å²) in [4.78, 5) is 13.3. The minimum absolute atomic E-state index is 0.0746. The Hall–Kier alpha value is -2.07. The number of nitrogens with zero attached hydrogens (tertiary/aromatic N) is 2. The van der Waals surface area contributed by atoms with Crippen molar-refractivity contribution < 1.29 is 22.7 Å². The highest BCUT2D eigenvalue weighted by atomic mass is 19.4. The zero-order valence-corrected chi connectivity index (χ0v) is 10.4. The van der Waals surface area contributed by atoms with Gasteiger partial charge < -0.3 is 9.64 Å². The maximum absolute atomic E-state index is 12.6. The fourth-order valence-electron chi connectivity index (χ4n) is 1.97. The van der Waals surface area contributed by atoms with Gasteiger partial charge in [-0.25, -0.2) is 0 Å². The van der Waals surface area contributed by atoms with Gasteiger partial charge in [0.05, 0.1) is 30.3 Å². The molecule has 20 heavy (non-hydrogen) atoms. The average molecular weight is 284 g/mol. The molecule has 0 spiro atoms. The van der Waals surface area contributed by atoms with Crippen LogP contribution in [0.2, 0.25) is 0 Å². The molecule has 4 nitrogen and oxygen atoms in total. The first kappa shape index (κ1) is 14.3. The summed E-state index contributed by atoms with van der Waals surface area (Å²) in [5, 5.41) is 8.92. The minimum atomic E-state index is -4.51. The van der Waals surface area contributed by atoms with Crippen LogP contribution in [0.4, 0.5) is 13.2 Å². The van der Waals surface area contributed by atoms with Crippen LogP contribution in [0.25, 0.3) is 0 Å². The van der Waals surface area contributed by atoms with E-state index >= 15 is 0 Å². The molecule has 0 N–H and O–H groups in total. The molecule has 7 heteroatoms. The molecular weight excluding hydrogens is 273 g/mol. The fourth-order valence-corrected chi connectivity index (χ4v) is 1.97. The second-order valence-corrected chi connectivity index (χ2v) is 4.31. The molecule has 1 heterocycles. The standard InChI is InChI=1S/C13H11F3N2O2/c14-13(15,16)11-8-18(5-6-20-11)12(19)10-4-2-1-3-9(10)7-17/h1-4,11H,5-6,8H2/t11-/m1/s1. The minimum Gasteiger partial charge on any atom is -0.365 e. The van der Waals surface area contributed by atoms with Crippen LogP contribution in [0.5, 0.6) is 0 Å². The quantitative estimate of drug-likeness (QED) is 0.792. The number of hydrogen-bond donors (Lipinski definition) is 0. The van der Waals surface area contributed by atoms with Crippen molar-refractivity contribution in [1.82, 2.24) is 4.90 Å². The Morgan fingerprint density at radius 2 is 2.10 bits per heavy atom. The Balaban J connectivity index is 2.19. The van der Waals surface area contributed by atoms with E-state index < -0.39 is 24.7 Å². The van der Waals surface area contributed by atoms with Gasteiger partial charge in [0.25, 0.3) is 5.91 Å². The lowest BCUT2D eigenvalue weighted by Gasteiger charge is -2.34. The number of halogens is 3. The zero-order valence-electron chi connectivity index (χ0n) is 10.4. The van der Waals surface area contributed by atoms with Gasteiger partial charge >= 0.3 is 6.18 Å². The van der Waals surface area contributed by atoms with E-state index in [-0.39, 0.29) is 24.3 Å². The van der Waals surface area contributed by atoms with Crippen LogP contribution in [0.1, 0.15) is 15.9 Å². The van der Waals surface area contributed by atoms with Gasteiger partial charge in [0.1, 0.15) is 0 Å². The maximum Gasteiger partial charge on any atom is 0.416 e. The summed E-state index contributed by atoms with van der Waals surface area (Å²) in [7, 11) is 0. The van der Waals surface area contributed by atoms with E-state index in [1.807, 2.05) is 6.07 Å². The number of carbonyl (C=O) groups excluding carboxylic acids is 1. The Labute approximate surface area is 113 Å². The van der Waals surface area contributed by atoms with Crippen molar-refractivity contribution in [2.45, 2.75) is 12.3 Å². The molecule has 0 unspecified atom stereocenters. The fraction of sp³-hybridized carbons (Fsp3) is 0.385.